The molecule has 0 amide bonds. The quantitative estimate of drug-likeness (QED) is 0.387. The lowest BCUT2D eigenvalue weighted by Crippen LogP contribution is -2.31. The largest absolute Gasteiger partial charge is 0.491 e. The van der Waals surface area contributed by atoms with Crippen LogP contribution in [0.4, 0.5) is 11.6 Å². The standard InChI is InChI=1S/C32H41N7O3S/c1-32(2)6-5-27-26(13-32)31(37-19-36-27)39-7-8-42-28-4-3-21(11-25(28)18-39)24-12-29(30(33)35-17-24)43(40,41)38-14-20-9-22-15-34-16-23(22)10-20/h3-4,11-12,17,19-20,22-23,34,38H,5-10,13-16,18H2,1-2H3,(H2,33,35)/t20-,22-,23+. The minimum absolute atomic E-state index is 0.00414. The monoisotopic (exact) mass is 603 g/mol. The van der Waals surface area contributed by atoms with Gasteiger partial charge in [-0.05, 0) is 92.1 Å². The number of pyridine rings is 1. The second-order valence-electron chi connectivity index (χ2n) is 13.5. The Balaban J connectivity index is 1.13. The van der Waals surface area contributed by atoms with Crippen LogP contribution in [0.2, 0.25) is 0 Å². The van der Waals surface area contributed by atoms with Crippen molar-refractivity contribution in [1.82, 2.24) is 25.0 Å². The number of nitrogens with two attached hydrogens (primary N) is 1. The molecule has 4 N–H and O–H groups in total. The van der Waals surface area contributed by atoms with Crippen molar-refractivity contribution in [2.45, 2.75) is 57.4 Å². The summed E-state index contributed by atoms with van der Waals surface area (Å²) in [5.41, 5.74) is 11.3. The zero-order valence-corrected chi connectivity index (χ0v) is 25.8. The number of rotatable bonds is 6. The molecule has 43 heavy (non-hydrogen) atoms. The van der Waals surface area contributed by atoms with E-state index in [4.69, 9.17) is 15.5 Å². The van der Waals surface area contributed by atoms with Gasteiger partial charge in [-0.25, -0.2) is 28.1 Å². The van der Waals surface area contributed by atoms with Crippen LogP contribution in [-0.4, -0.2) is 56.2 Å². The van der Waals surface area contributed by atoms with Crippen LogP contribution in [0.1, 0.15) is 49.9 Å². The lowest BCUT2D eigenvalue weighted by molar-refractivity contribution is 0.310. The number of fused-ring (bicyclic) bond motifs is 3. The molecule has 0 spiro atoms. The number of aromatic nitrogens is 3. The summed E-state index contributed by atoms with van der Waals surface area (Å²) in [5.74, 6) is 3.47. The van der Waals surface area contributed by atoms with Crippen molar-refractivity contribution in [3.8, 4) is 16.9 Å². The Morgan fingerprint density at radius 2 is 1.93 bits per heavy atom. The Morgan fingerprint density at radius 3 is 2.74 bits per heavy atom. The van der Waals surface area contributed by atoms with Crippen molar-refractivity contribution in [3.05, 3.63) is 53.6 Å². The highest BCUT2D eigenvalue weighted by atomic mass is 32.2. The molecule has 0 unspecified atom stereocenters. The first-order chi connectivity index (χ1) is 20.6. The van der Waals surface area contributed by atoms with Gasteiger partial charge in [-0.15, -0.1) is 0 Å². The van der Waals surface area contributed by atoms with Crippen molar-refractivity contribution >= 4 is 21.7 Å². The van der Waals surface area contributed by atoms with Crippen LogP contribution in [0, 0.1) is 23.2 Å². The summed E-state index contributed by atoms with van der Waals surface area (Å²) in [6, 6.07) is 7.61. The van der Waals surface area contributed by atoms with Crippen LogP contribution in [-0.2, 0) is 29.4 Å². The molecule has 4 aliphatic rings. The van der Waals surface area contributed by atoms with Crippen molar-refractivity contribution in [1.29, 1.82) is 0 Å². The zero-order valence-electron chi connectivity index (χ0n) is 25.0. The highest BCUT2D eigenvalue weighted by Crippen LogP contribution is 2.40. The molecule has 2 fully saturated rings. The second kappa shape index (κ2) is 11.0. The van der Waals surface area contributed by atoms with Gasteiger partial charge in [-0.1, -0.05) is 19.9 Å². The highest BCUT2D eigenvalue weighted by Gasteiger charge is 2.37. The summed E-state index contributed by atoms with van der Waals surface area (Å²) in [4.78, 5) is 15.9. The Kier molecular flexibility index (Phi) is 7.30. The highest BCUT2D eigenvalue weighted by molar-refractivity contribution is 7.89. The molecule has 0 bridgehead atoms. The maximum absolute atomic E-state index is 13.4. The number of nitrogens with one attached hydrogen (secondary N) is 2. The third kappa shape index (κ3) is 5.70. The Morgan fingerprint density at radius 1 is 1.12 bits per heavy atom. The first-order valence-electron chi connectivity index (χ1n) is 15.4. The molecule has 0 radical (unpaired) electrons. The minimum atomic E-state index is -3.82. The number of nitrogen functional groups attached to an aromatic ring is 1. The number of ether oxygens (including phenoxy) is 1. The molecule has 1 saturated heterocycles. The molecule has 7 rings (SSSR count). The smallest absolute Gasteiger partial charge is 0.244 e. The molecule has 3 atom stereocenters. The maximum Gasteiger partial charge on any atom is 0.244 e. The van der Waals surface area contributed by atoms with Crippen molar-refractivity contribution in [2.24, 2.45) is 23.2 Å². The average molecular weight is 604 g/mol. The van der Waals surface area contributed by atoms with E-state index in [0.29, 0.717) is 49.6 Å². The fourth-order valence-electron chi connectivity index (χ4n) is 7.48. The number of aryl methyl sites for hydroxylation is 1. The zero-order chi connectivity index (χ0) is 29.8. The van der Waals surface area contributed by atoms with Gasteiger partial charge in [-0.3, -0.25) is 0 Å². The van der Waals surface area contributed by atoms with Crippen LogP contribution < -0.4 is 25.4 Å². The van der Waals surface area contributed by atoms with E-state index < -0.39 is 10.0 Å². The van der Waals surface area contributed by atoms with Crippen LogP contribution in [0.5, 0.6) is 5.75 Å². The summed E-state index contributed by atoms with van der Waals surface area (Å²) >= 11 is 0. The summed E-state index contributed by atoms with van der Waals surface area (Å²) in [6.45, 7) is 9.00. The molecule has 1 aromatic carbocycles. The molecule has 2 aliphatic heterocycles. The number of anilines is 2. The fraction of sp³-hybridized carbons (Fsp3) is 0.531. The summed E-state index contributed by atoms with van der Waals surface area (Å²) in [7, 11) is -3.82. The van der Waals surface area contributed by atoms with Gasteiger partial charge in [0.25, 0.3) is 0 Å². The molecule has 10 nitrogen and oxygen atoms in total. The maximum atomic E-state index is 13.4. The van der Waals surface area contributed by atoms with Crippen molar-refractivity contribution in [3.63, 3.8) is 0 Å². The first kappa shape index (κ1) is 28.5. The lowest BCUT2D eigenvalue weighted by Gasteiger charge is -2.33. The van der Waals surface area contributed by atoms with E-state index in [0.717, 1.165) is 73.6 Å². The van der Waals surface area contributed by atoms with Gasteiger partial charge in [-0.2, -0.15) is 0 Å². The second-order valence-corrected chi connectivity index (χ2v) is 15.3. The van der Waals surface area contributed by atoms with Gasteiger partial charge in [0.2, 0.25) is 10.0 Å². The van der Waals surface area contributed by atoms with E-state index in [-0.39, 0.29) is 16.1 Å². The number of benzene rings is 1. The van der Waals surface area contributed by atoms with Gasteiger partial charge >= 0.3 is 0 Å². The molecular weight excluding hydrogens is 562 g/mol. The lowest BCUT2D eigenvalue weighted by atomic mass is 9.76. The number of nitrogens with zero attached hydrogens (tertiary/aromatic N) is 4. The van der Waals surface area contributed by atoms with Gasteiger partial charge in [0.15, 0.2) is 0 Å². The van der Waals surface area contributed by atoms with E-state index >= 15 is 0 Å². The van der Waals surface area contributed by atoms with Crippen LogP contribution in [0.3, 0.4) is 0 Å². The van der Waals surface area contributed by atoms with Gasteiger partial charge in [0.1, 0.15) is 35.2 Å². The number of hydrogen-bond donors (Lipinski definition) is 3. The first-order valence-corrected chi connectivity index (χ1v) is 16.9. The normalized spacial score (nSPS) is 24.5. The van der Waals surface area contributed by atoms with E-state index in [1.807, 2.05) is 12.1 Å². The molecule has 4 heterocycles. The average Bonchev–Trinajstić information content (AvgIpc) is 3.51. The van der Waals surface area contributed by atoms with Crippen molar-refractivity contribution in [2.75, 3.05) is 43.4 Å². The molecule has 1 saturated carbocycles. The van der Waals surface area contributed by atoms with Gasteiger partial charge in [0.05, 0.1) is 6.54 Å². The van der Waals surface area contributed by atoms with E-state index in [1.165, 1.54) is 5.56 Å². The number of sulfonamides is 1. The summed E-state index contributed by atoms with van der Waals surface area (Å²) < 4.78 is 35.8. The molecular formula is C32H41N7O3S. The van der Waals surface area contributed by atoms with E-state index in [1.54, 1.807) is 18.6 Å². The van der Waals surface area contributed by atoms with E-state index in [9.17, 15) is 8.42 Å². The van der Waals surface area contributed by atoms with Gasteiger partial charge in [0, 0.05) is 41.7 Å². The predicted molar refractivity (Wildman–Crippen MR) is 166 cm³/mol. The molecule has 2 aliphatic carbocycles. The molecule has 11 heteroatoms. The van der Waals surface area contributed by atoms with Crippen LogP contribution in [0.25, 0.3) is 11.1 Å². The third-order valence-electron chi connectivity index (χ3n) is 9.86. The fourth-order valence-corrected chi connectivity index (χ4v) is 8.70. The molecule has 2 aromatic heterocycles. The third-order valence-corrected chi connectivity index (χ3v) is 11.3. The van der Waals surface area contributed by atoms with Crippen molar-refractivity contribution < 1.29 is 13.2 Å². The van der Waals surface area contributed by atoms with Gasteiger partial charge < -0.3 is 20.7 Å². The topological polar surface area (TPSA) is 135 Å². The SMILES string of the molecule is CC1(C)CCc2ncnc(N3CCOc4ccc(-c5cnc(N)c(S(=O)(=O)NC[C@H]6C[C@H]7CNC[C@H]7C6)c5)cc4C3)c2C1. The van der Waals surface area contributed by atoms with E-state index in [2.05, 4.69) is 44.8 Å². The van der Waals surface area contributed by atoms with Crippen LogP contribution >= 0.6 is 0 Å². The Labute approximate surface area is 253 Å². The summed E-state index contributed by atoms with van der Waals surface area (Å²) in [5, 5.41) is 3.44. The number of hydrogen-bond acceptors (Lipinski definition) is 9. The predicted octanol–water partition coefficient (Wildman–Crippen LogP) is 3.56. The Hall–Kier alpha value is -3.28. The minimum Gasteiger partial charge on any atom is -0.491 e. The Bertz CT molecular complexity index is 1630. The molecule has 3 aromatic rings. The molecule has 228 valence electrons. The van der Waals surface area contributed by atoms with Crippen LogP contribution in [0.15, 0.2) is 41.7 Å². The summed E-state index contributed by atoms with van der Waals surface area (Å²) in [6.07, 6.45) is 8.46.